The lowest BCUT2D eigenvalue weighted by atomic mass is 10.0. The first kappa shape index (κ1) is 26.8. The highest BCUT2D eigenvalue weighted by molar-refractivity contribution is 7.99. The Labute approximate surface area is 216 Å². The Morgan fingerprint density at radius 2 is 1.77 bits per heavy atom. The Balaban J connectivity index is 1.74. The molecule has 1 heterocycles. The minimum atomic E-state index is -0.342. The third-order valence-electron chi connectivity index (χ3n) is 5.51. The van der Waals surface area contributed by atoms with Crippen LogP contribution in [0.15, 0.2) is 53.7 Å². The number of aryl methyl sites for hydroxylation is 1. The quantitative estimate of drug-likeness (QED) is 0.318. The van der Waals surface area contributed by atoms with E-state index in [4.69, 9.17) is 11.6 Å². The molecule has 0 saturated heterocycles. The summed E-state index contributed by atoms with van der Waals surface area (Å²) >= 11 is 7.56. The van der Waals surface area contributed by atoms with Crippen LogP contribution in [0.25, 0.3) is 0 Å². The molecular weight excluding hydrogens is 482 g/mol. The first-order chi connectivity index (χ1) is 16.8. The summed E-state index contributed by atoms with van der Waals surface area (Å²) in [5, 5.41) is 15.9. The molecule has 0 aliphatic rings. The highest BCUT2D eigenvalue weighted by Crippen LogP contribution is 2.26. The summed E-state index contributed by atoms with van der Waals surface area (Å²) in [6.07, 6.45) is 1.53. The topological polar surface area (TPSA) is 88.9 Å². The fraction of sp³-hybridized carbons (Fsp3) is 0.385. The van der Waals surface area contributed by atoms with E-state index in [2.05, 4.69) is 41.6 Å². The van der Waals surface area contributed by atoms with Crippen LogP contribution in [0.3, 0.4) is 0 Å². The van der Waals surface area contributed by atoms with Gasteiger partial charge in [-0.3, -0.25) is 9.59 Å². The maximum Gasteiger partial charge on any atom is 0.253 e. The summed E-state index contributed by atoms with van der Waals surface area (Å²) in [5.74, 6) is 0.829. The molecule has 3 aromatic rings. The van der Waals surface area contributed by atoms with Gasteiger partial charge in [0.15, 0.2) is 11.0 Å². The zero-order valence-electron chi connectivity index (χ0n) is 20.5. The van der Waals surface area contributed by atoms with E-state index in [0.717, 1.165) is 17.7 Å². The van der Waals surface area contributed by atoms with Gasteiger partial charge in [-0.15, -0.1) is 10.2 Å². The smallest absolute Gasteiger partial charge is 0.253 e. The summed E-state index contributed by atoms with van der Waals surface area (Å²) in [6, 6.07) is 14.4. The maximum atomic E-state index is 13.0. The third-order valence-corrected chi connectivity index (χ3v) is 6.81. The van der Waals surface area contributed by atoms with Crippen molar-refractivity contribution in [3.05, 3.63) is 70.5 Å². The predicted molar refractivity (Wildman–Crippen MR) is 142 cm³/mol. The number of benzene rings is 2. The van der Waals surface area contributed by atoms with Crippen LogP contribution in [-0.2, 0) is 17.8 Å². The molecule has 0 bridgehead atoms. The number of para-hydroxylation sites is 1. The molecule has 0 aliphatic carbocycles. The number of aromatic nitrogens is 3. The van der Waals surface area contributed by atoms with E-state index in [9.17, 15) is 9.59 Å². The first-order valence-electron chi connectivity index (χ1n) is 11.8. The van der Waals surface area contributed by atoms with Crippen LogP contribution in [0, 0.1) is 5.92 Å². The van der Waals surface area contributed by atoms with Gasteiger partial charge in [0.25, 0.3) is 5.91 Å². The molecule has 1 atom stereocenters. The van der Waals surface area contributed by atoms with E-state index in [1.54, 1.807) is 24.3 Å². The molecule has 1 unspecified atom stereocenters. The number of hydrogen-bond donors (Lipinski definition) is 2. The lowest BCUT2D eigenvalue weighted by molar-refractivity contribution is -0.113. The molecular formula is C26H32ClN5O2S. The van der Waals surface area contributed by atoms with Gasteiger partial charge < -0.3 is 15.2 Å². The van der Waals surface area contributed by atoms with Crippen LogP contribution >= 0.6 is 23.4 Å². The molecule has 2 aromatic carbocycles. The molecule has 2 N–H and O–H groups in total. The normalized spacial score (nSPS) is 11.9. The van der Waals surface area contributed by atoms with Crippen LogP contribution in [0.5, 0.6) is 0 Å². The molecule has 2 amide bonds. The molecule has 0 spiro atoms. The first-order valence-corrected chi connectivity index (χ1v) is 13.2. The molecule has 7 nitrogen and oxygen atoms in total. The lowest BCUT2D eigenvalue weighted by Crippen LogP contribution is -2.31. The Morgan fingerprint density at radius 1 is 1.06 bits per heavy atom. The average Bonchev–Trinajstić information content (AvgIpc) is 3.25. The van der Waals surface area contributed by atoms with Crippen molar-refractivity contribution >= 4 is 40.9 Å². The Hall–Kier alpha value is -2.84. The van der Waals surface area contributed by atoms with E-state index < -0.39 is 0 Å². The number of halogens is 1. The number of thioether (sulfide) groups is 1. The van der Waals surface area contributed by atoms with Crippen LogP contribution < -0.4 is 10.6 Å². The van der Waals surface area contributed by atoms with Crippen molar-refractivity contribution in [1.29, 1.82) is 0 Å². The molecule has 1 aromatic heterocycles. The lowest BCUT2D eigenvalue weighted by Gasteiger charge is -2.21. The third kappa shape index (κ3) is 7.08. The molecule has 0 aliphatic heterocycles. The van der Waals surface area contributed by atoms with Gasteiger partial charge in [-0.1, -0.05) is 74.5 Å². The van der Waals surface area contributed by atoms with Crippen molar-refractivity contribution < 1.29 is 9.59 Å². The number of rotatable bonds is 11. The van der Waals surface area contributed by atoms with Crippen molar-refractivity contribution in [1.82, 2.24) is 20.1 Å². The van der Waals surface area contributed by atoms with Gasteiger partial charge in [-0.05, 0) is 49.4 Å². The van der Waals surface area contributed by atoms with Crippen molar-refractivity contribution in [2.75, 3.05) is 11.1 Å². The van der Waals surface area contributed by atoms with E-state index >= 15 is 0 Å². The number of carbonyl (C=O) groups is 2. The highest BCUT2D eigenvalue weighted by Gasteiger charge is 2.25. The molecule has 0 saturated carbocycles. The van der Waals surface area contributed by atoms with Crippen molar-refractivity contribution in [3.63, 3.8) is 0 Å². The van der Waals surface area contributed by atoms with E-state index in [1.165, 1.54) is 11.8 Å². The second kappa shape index (κ2) is 12.7. The number of carbonyl (C=O) groups excluding carboxylic acids is 2. The zero-order chi connectivity index (χ0) is 25.4. The summed E-state index contributed by atoms with van der Waals surface area (Å²) in [5.41, 5.74) is 2.34. The average molecular weight is 514 g/mol. The summed E-state index contributed by atoms with van der Waals surface area (Å²) < 4.78 is 1.96. The van der Waals surface area contributed by atoms with Gasteiger partial charge in [0.05, 0.1) is 22.4 Å². The highest BCUT2D eigenvalue weighted by atomic mass is 35.5. The second-order valence-electron chi connectivity index (χ2n) is 8.57. The summed E-state index contributed by atoms with van der Waals surface area (Å²) in [7, 11) is 0. The van der Waals surface area contributed by atoms with Gasteiger partial charge in [0.2, 0.25) is 5.91 Å². The predicted octanol–water partition coefficient (Wildman–Crippen LogP) is 5.76. The minimum Gasteiger partial charge on any atom is -0.342 e. The van der Waals surface area contributed by atoms with Crippen LogP contribution in [0.4, 0.5) is 5.69 Å². The number of nitrogens with zero attached hydrogens (tertiary/aromatic N) is 3. The fourth-order valence-electron chi connectivity index (χ4n) is 3.81. The Morgan fingerprint density at radius 3 is 2.46 bits per heavy atom. The zero-order valence-corrected chi connectivity index (χ0v) is 22.1. The van der Waals surface area contributed by atoms with E-state index in [0.29, 0.717) is 40.5 Å². The van der Waals surface area contributed by atoms with Crippen molar-refractivity contribution in [2.45, 2.75) is 58.3 Å². The second-order valence-corrected chi connectivity index (χ2v) is 9.92. The standard InChI is InChI=1S/C26H32ClN5O2S/c1-5-18-11-7-10-14-21(18)28-23(33)16-35-26-31-30-24(32(26)6-2)22(15-17(3)4)29-25(34)19-12-8-9-13-20(19)27/h7-14,17,22H,5-6,15-16H2,1-4H3,(H,28,33)(H,29,34). The summed E-state index contributed by atoms with van der Waals surface area (Å²) in [6.45, 7) is 8.85. The van der Waals surface area contributed by atoms with Gasteiger partial charge in [0, 0.05) is 12.2 Å². The van der Waals surface area contributed by atoms with Gasteiger partial charge >= 0.3 is 0 Å². The van der Waals surface area contributed by atoms with E-state index in [1.807, 2.05) is 35.8 Å². The number of hydrogen-bond acceptors (Lipinski definition) is 5. The molecule has 3 rings (SSSR count). The number of nitrogens with one attached hydrogen (secondary N) is 2. The monoisotopic (exact) mass is 513 g/mol. The largest absolute Gasteiger partial charge is 0.342 e. The Bertz CT molecular complexity index is 1160. The van der Waals surface area contributed by atoms with Gasteiger partial charge in [-0.25, -0.2) is 0 Å². The van der Waals surface area contributed by atoms with Crippen LogP contribution in [-0.4, -0.2) is 32.3 Å². The summed E-state index contributed by atoms with van der Waals surface area (Å²) in [4.78, 5) is 25.6. The maximum absolute atomic E-state index is 13.0. The van der Waals surface area contributed by atoms with Crippen LogP contribution in [0.2, 0.25) is 5.02 Å². The molecule has 35 heavy (non-hydrogen) atoms. The van der Waals surface area contributed by atoms with Crippen LogP contribution in [0.1, 0.15) is 61.9 Å². The van der Waals surface area contributed by atoms with Gasteiger partial charge in [-0.2, -0.15) is 0 Å². The fourth-order valence-corrected chi connectivity index (χ4v) is 4.84. The van der Waals surface area contributed by atoms with Crippen molar-refractivity contribution in [2.24, 2.45) is 5.92 Å². The van der Waals surface area contributed by atoms with E-state index in [-0.39, 0.29) is 23.6 Å². The number of anilines is 1. The molecule has 186 valence electrons. The van der Waals surface area contributed by atoms with Crippen molar-refractivity contribution in [3.8, 4) is 0 Å². The SMILES string of the molecule is CCc1ccccc1NC(=O)CSc1nnc(C(CC(C)C)NC(=O)c2ccccc2Cl)n1CC. The molecule has 0 fully saturated rings. The Kier molecular flexibility index (Phi) is 9.74. The van der Waals surface area contributed by atoms with Gasteiger partial charge in [0.1, 0.15) is 0 Å². The number of amides is 2. The minimum absolute atomic E-state index is 0.103. The molecule has 0 radical (unpaired) electrons. The molecule has 9 heteroatoms.